The molecule has 0 aromatic rings. The van der Waals surface area contributed by atoms with Crippen molar-refractivity contribution < 1.29 is 9.90 Å². The highest BCUT2D eigenvalue weighted by molar-refractivity contribution is 5.81. The molecule has 0 aliphatic carbocycles. The Morgan fingerprint density at radius 1 is 1.70 bits per heavy atom. The zero-order valence-corrected chi connectivity index (χ0v) is 5.74. The van der Waals surface area contributed by atoms with Crippen LogP contribution >= 0.6 is 0 Å². The third-order valence-corrected chi connectivity index (χ3v) is 0.916. The summed E-state index contributed by atoms with van der Waals surface area (Å²) in [7, 11) is 0. The van der Waals surface area contributed by atoms with Crippen molar-refractivity contribution in [2.24, 2.45) is 16.5 Å². The first-order valence-electron chi connectivity index (χ1n) is 2.78. The van der Waals surface area contributed by atoms with Gasteiger partial charge in [-0.25, -0.2) is 0 Å². The van der Waals surface area contributed by atoms with Gasteiger partial charge in [-0.2, -0.15) is 0 Å². The quantitative estimate of drug-likeness (QED) is 0.322. The van der Waals surface area contributed by atoms with E-state index in [1.165, 1.54) is 6.92 Å². The molecular weight excluding hydrogens is 134 g/mol. The summed E-state index contributed by atoms with van der Waals surface area (Å²) in [5.41, 5.74) is 9.89. The van der Waals surface area contributed by atoms with Crippen LogP contribution in [0.5, 0.6) is 0 Å². The largest absolute Gasteiger partial charge is 0.383 e. The number of aliphatic hydroxyl groups excluding tert-OH is 1. The molecule has 0 rings (SSSR count). The predicted molar refractivity (Wildman–Crippen MR) is 37.4 cm³/mol. The van der Waals surface area contributed by atoms with E-state index >= 15 is 0 Å². The van der Waals surface area contributed by atoms with E-state index in [2.05, 4.69) is 4.99 Å². The van der Waals surface area contributed by atoms with Gasteiger partial charge in [0, 0.05) is 0 Å². The van der Waals surface area contributed by atoms with E-state index in [9.17, 15) is 4.79 Å². The Hall–Kier alpha value is -1.10. The lowest BCUT2D eigenvalue weighted by molar-refractivity contribution is -0.124. The average molecular weight is 145 g/mol. The number of nitrogens with zero attached hydrogens (tertiary/aromatic N) is 1. The lowest BCUT2D eigenvalue weighted by Gasteiger charge is -2.00. The van der Waals surface area contributed by atoms with Gasteiger partial charge in [0.1, 0.15) is 6.10 Å². The van der Waals surface area contributed by atoms with Gasteiger partial charge >= 0.3 is 0 Å². The van der Waals surface area contributed by atoms with Gasteiger partial charge in [0.15, 0.2) is 11.7 Å². The van der Waals surface area contributed by atoms with Crippen LogP contribution in [0.3, 0.4) is 0 Å². The molecule has 0 aliphatic heterocycles. The van der Waals surface area contributed by atoms with Crippen LogP contribution in [0.15, 0.2) is 4.99 Å². The van der Waals surface area contributed by atoms with Crippen LogP contribution in [0.4, 0.5) is 0 Å². The number of rotatable bonds is 3. The first-order valence-corrected chi connectivity index (χ1v) is 2.78. The van der Waals surface area contributed by atoms with Crippen molar-refractivity contribution in [3.8, 4) is 0 Å². The fraction of sp³-hybridized carbons (Fsp3) is 0.600. The van der Waals surface area contributed by atoms with Crippen molar-refractivity contribution in [1.29, 1.82) is 0 Å². The SMILES string of the molecule is CC(=O)[C@@H](O)CN=C(N)N. The van der Waals surface area contributed by atoms with Gasteiger partial charge in [0.25, 0.3) is 0 Å². The van der Waals surface area contributed by atoms with Gasteiger partial charge in [-0.1, -0.05) is 0 Å². The Morgan fingerprint density at radius 3 is 2.50 bits per heavy atom. The number of carbonyl (C=O) groups is 1. The van der Waals surface area contributed by atoms with E-state index in [0.717, 1.165) is 0 Å². The highest BCUT2D eigenvalue weighted by atomic mass is 16.3. The highest BCUT2D eigenvalue weighted by Crippen LogP contribution is 1.84. The molecule has 5 N–H and O–H groups in total. The number of hydrogen-bond acceptors (Lipinski definition) is 3. The smallest absolute Gasteiger partial charge is 0.186 e. The minimum absolute atomic E-state index is 0.0579. The fourth-order valence-corrected chi connectivity index (χ4v) is 0.320. The molecule has 0 unspecified atom stereocenters. The first kappa shape index (κ1) is 8.90. The average Bonchev–Trinajstić information content (AvgIpc) is 1.82. The van der Waals surface area contributed by atoms with Crippen LogP contribution in [0.1, 0.15) is 6.92 Å². The van der Waals surface area contributed by atoms with Crippen LogP contribution in [-0.2, 0) is 4.79 Å². The molecule has 0 aromatic carbocycles. The summed E-state index contributed by atoms with van der Waals surface area (Å²) in [6.07, 6.45) is -1.08. The van der Waals surface area contributed by atoms with Crippen molar-refractivity contribution in [2.75, 3.05) is 6.54 Å². The Kier molecular flexibility index (Phi) is 3.42. The molecule has 0 fully saturated rings. The van der Waals surface area contributed by atoms with Gasteiger partial charge in [0.2, 0.25) is 0 Å². The second-order valence-corrected chi connectivity index (χ2v) is 1.89. The Labute approximate surface area is 58.7 Å². The van der Waals surface area contributed by atoms with E-state index in [1.54, 1.807) is 0 Å². The van der Waals surface area contributed by atoms with Crippen molar-refractivity contribution >= 4 is 11.7 Å². The molecule has 1 atom stereocenters. The molecule has 0 aromatic heterocycles. The minimum Gasteiger partial charge on any atom is -0.383 e. The molecule has 5 nitrogen and oxygen atoms in total. The minimum atomic E-state index is -1.08. The van der Waals surface area contributed by atoms with Crippen LogP contribution in [0.25, 0.3) is 0 Å². The molecule has 0 aliphatic rings. The number of aliphatic hydroxyl groups is 1. The summed E-state index contributed by atoms with van der Waals surface area (Å²) in [5.74, 6) is -0.467. The van der Waals surface area contributed by atoms with Crippen molar-refractivity contribution in [2.45, 2.75) is 13.0 Å². The van der Waals surface area contributed by atoms with Crippen LogP contribution < -0.4 is 11.5 Å². The van der Waals surface area contributed by atoms with Crippen LogP contribution in [0, 0.1) is 0 Å². The summed E-state index contributed by atoms with van der Waals surface area (Å²) in [4.78, 5) is 13.8. The first-order chi connectivity index (χ1) is 4.54. The normalized spacial score (nSPS) is 12.2. The maximum atomic E-state index is 10.4. The third-order valence-electron chi connectivity index (χ3n) is 0.916. The van der Waals surface area contributed by atoms with Gasteiger partial charge in [-0.15, -0.1) is 0 Å². The van der Waals surface area contributed by atoms with Crippen molar-refractivity contribution in [3.63, 3.8) is 0 Å². The number of aliphatic imine (C=N–C) groups is 1. The maximum absolute atomic E-state index is 10.4. The second-order valence-electron chi connectivity index (χ2n) is 1.89. The molecule has 10 heavy (non-hydrogen) atoms. The molecule has 0 spiro atoms. The summed E-state index contributed by atoms with van der Waals surface area (Å²) >= 11 is 0. The van der Waals surface area contributed by atoms with E-state index in [4.69, 9.17) is 16.6 Å². The molecule has 0 radical (unpaired) electrons. The van der Waals surface area contributed by atoms with Gasteiger partial charge in [0.05, 0.1) is 6.54 Å². The molecule has 0 saturated heterocycles. The molecule has 0 heterocycles. The number of hydrogen-bond donors (Lipinski definition) is 3. The number of Topliss-reactive ketones (excluding diaryl/α,β-unsaturated/α-hetero) is 1. The van der Waals surface area contributed by atoms with Crippen molar-refractivity contribution in [3.05, 3.63) is 0 Å². The zero-order chi connectivity index (χ0) is 8.15. The van der Waals surface area contributed by atoms with Crippen LogP contribution in [0.2, 0.25) is 0 Å². The zero-order valence-electron chi connectivity index (χ0n) is 5.74. The second kappa shape index (κ2) is 3.84. The third kappa shape index (κ3) is 3.85. The van der Waals surface area contributed by atoms with Gasteiger partial charge in [-0.3, -0.25) is 9.79 Å². The summed E-state index contributed by atoms with van der Waals surface area (Å²) < 4.78 is 0. The topological polar surface area (TPSA) is 102 Å². The standard InChI is InChI=1S/C5H11N3O2/c1-3(9)4(10)2-8-5(6)7/h4,10H,2H2,1H3,(H4,6,7,8)/t4-/m0/s1. The van der Waals surface area contributed by atoms with E-state index in [-0.39, 0.29) is 18.3 Å². The van der Waals surface area contributed by atoms with E-state index in [1.807, 2.05) is 0 Å². The fourth-order valence-electron chi connectivity index (χ4n) is 0.320. The van der Waals surface area contributed by atoms with Gasteiger partial charge in [-0.05, 0) is 6.92 Å². The summed E-state index contributed by atoms with van der Waals surface area (Å²) in [6.45, 7) is 1.21. The molecule has 58 valence electrons. The van der Waals surface area contributed by atoms with Crippen LogP contribution in [-0.4, -0.2) is 29.5 Å². The molecule has 0 saturated carbocycles. The van der Waals surface area contributed by atoms with Gasteiger partial charge < -0.3 is 16.6 Å². The van der Waals surface area contributed by atoms with E-state index < -0.39 is 6.10 Å². The number of guanidine groups is 1. The Balaban J connectivity index is 3.70. The number of carbonyl (C=O) groups excluding carboxylic acids is 1. The highest BCUT2D eigenvalue weighted by Gasteiger charge is 2.07. The Bertz CT molecular complexity index is 151. The lowest BCUT2D eigenvalue weighted by atomic mass is 10.3. The molecule has 0 amide bonds. The summed E-state index contributed by atoms with van der Waals surface area (Å²) in [5, 5.41) is 8.81. The number of nitrogens with two attached hydrogens (primary N) is 2. The monoisotopic (exact) mass is 145 g/mol. The lowest BCUT2D eigenvalue weighted by Crippen LogP contribution is -2.27. The summed E-state index contributed by atoms with van der Waals surface area (Å²) in [6, 6.07) is 0. The molecule has 5 heteroatoms. The maximum Gasteiger partial charge on any atom is 0.186 e. The predicted octanol–water partition coefficient (Wildman–Crippen LogP) is -1.79. The van der Waals surface area contributed by atoms with E-state index in [0.29, 0.717) is 0 Å². The molecular formula is C5H11N3O2. The molecule has 0 bridgehead atoms. The number of ketones is 1. The van der Waals surface area contributed by atoms with Crippen molar-refractivity contribution in [1.82, 2.24) is 0 Å². The Morgan fingerprint density at radius 2 is 2.20 bits per heavy atom.